The molecule has 0 saturated carbocycles. The van der Waals surface area contributed by atoms with Crippen LogP contribution in [0.2, 0.25) is 10.0 Å². The second kappa shape index (κ2) is 18.3. The van der Waals surface area contributed by atoms with Gasteiger partial charge in [-0.05, 0) is 86.3 Å². The van der Waals surface area contributed by atoms with E-state index in [0.29, 0.717) is 70.7 Å². The SMILES string of the molecule is COc1cc(Cn2ncc3c(-c4cccc(-c5cc(F)c(CNC[C@@H]6CCCC(=O)N6)c(OC)c5)c4Cl)cccc32)c(Cl)cc1CN(C)CCCCC(=O)O. The molecule has 1 amide bonds. The summed E-state index contributed by atoms with van der Waals surface area (Å²) < 4.78 is 29.0. The van der Waals surface area contributed by atoms with Gasteiger partial charge in [0.25, 0.3) is 0 Å². The summed E-state index contributed by atoms with van der Waals surface area (Å²) in [5, 5.41) is 21.9. The zero-order valence-electron chi connectivity index (χ0n) is 31.3. The monoisotopic (exact) mass is 789 g/mol. The number of amides is 1. The topological polar surface area (TPSA) is 118 Å². The standard InChI is InChI=1S/C42H46Cl2FN5O5/c1-49(16-5-4-15-41(52)53)24-28-17-35(43)27(20-38(28)54-2)25-50-37-13-8-11-31(33(37)23-47-50)32-12-7-10-30(42(32)44)26-18-36(45)34(39(19-26)55-3)22-46-21-29-9-6-14-40(51)48-29/h7-8,10-13,17-20,23,29,46H,4-6,9,14-16,21-22,24-25H2,1-3H3,(H,48,51)(H,52,53)/t29-/m0/s1. The van der Waals surface area contributed by atoms with Gasteiger partial charge < -0.3 is 30.1 Å². The number of aliphatic carboxylic acids is 1. The summed E-state index contributed by atoms with van der Waals surface area (Å²) >= 11 is 14.0. The molecule has 1 aliphatic rings. The highest BCUT2D eigenvalue weighted by Gasteiger charge is 2.21. The number of carbonyl (C=O) groups excluding carboxylic acids is 1. The fraction of sp³-hybridized carbons (Fsp3) is 0.357. The highest BCUT2D eigenvalue weighted by atomic mass is 35.5. The summed E-state index contributed by atoms with van der Waals surface area (Å²) in [5.41, 5.74) is 5.98. The van der Waals surface area contributed by atoms with E-state index in [0.717, 1.165) is 59.0 Å². The molecule has 1 atom stereocenters. The molecule has 55 heavy (non-hydrogen) atoms. The number of halogens is 3. The van der Waals surface area contributed by atoms with Crippen LogP contribution in [0.15, 0.2) is 66.9 Å². The lowest BCUT2D eigenvalue weighted by Gasteiger charge is -2.23. The predicted octanol–water partition coefficient (Wildman–Crippen LogP) is 8.33. The maximum absolute atomic E-state index is 15.7. The minimum Gasteiger partial charge on any atom is -0.496 e. The third-order valence-electron chi connectivity index (χ3n) is 10.1. The van der Waals surface area contributed by atoms with Crippen molar-refractivity contribution in [2.45, 2.75) is 64.2 Å². The second-order valence-corrected chi connectivity index (χ2v) is 14.8. The van der Waals surface area contributed by atoms with Crippen LogP contribution in [0.5, 0.6) is 11.5 Å². The Morgan fingerprint density at radius 2 is 1.80 bits per heavy atom. The van der Waals surface area contributed by atoms with E-state index in [9.17, 15) is 9.59 Å². The van der Waals surface area contributed by atoms with Gasteiger partial charge in [-0.2, -0.15) is 5.10 Å². The summed E-state index contributed by atoms with van der Waals surface area (Å²) in [6.45, 7) is 2.55. The van der Waals surface area contributed by atoms with E-state index in [1.807, 2.05) is 66.5 Å². The van der Waals surface area contributed by atoms with E-state index < -0.39 is 11.8 Å². The number of benzene rings is 4. The summed E-state index contributed by atoms with van der Waals surface area (Å²) in [5.74, 6) is -0.0280. The number of carboxylic acids is 1. The Labute approximate surface area is 330 Å². The number of piperidine rings is 1. The number of aromatic nitrogens is 2. The van der Waals surface area contributed by atoms with Gasteiger partial charge in [0.15, 0.2) is 0 Å². The first-order chi connectivity index (χ1) is 26.6. The van der Waals surface area contributed by atoms with E-state index >= 15 is 4.39 Å². The van der Waals surface area contributed by atoms with Crippen LogP contribution in [0.3, 0.4) is 0 Å². The number of fused-ring (bicyclic) bond motifs is 1. The fourth-order valence-corrected chi connectivity index (χ4v) is 7.80. The molecule has 10 nitrogen and oxygen atoms in total. The Bertz CT molecular complexity index is 2180. The van der Waals surface area contributed by atoms with E-state index in [-0.39, 0.29) is 24.9 Å². The van der Waals surface area contributed by atoms with Gasteiger partial charge >= 0.3 is 5.97 Å². The van der Waals surface area contributed by atoms with Crippen LogP contribution in [-0.2, 0) is 29.2 Å². The molecule has 0 unspecified atom stereocenters. The molecule has 1 aliphatic heterocycles. The summed E-state index contributed by atoms with van der Waals surface area (Å²) in [4.78, 5) is 24.7. The van der Waals surface area contributed by atoms with Crippen molar-refractivity contribution in [2.75, 3.05) is 34.4 Å². The van der Waals surface area contributed by atoms with Crippen molar-refractivity contribution in [3.8, 4) is 33.8 Å². The van der Waals surface area contributed by atoms with Gasteiger partial charge in [-0.3, -0.25) is 14.3 Å². The first-order valence-electron chi connectivity index (χ1n) is 18.4. The average Bonchev–Trinajstić information content (AvgIpc) is 3.58. The summed E-state index contributed by atoms with van der Waals surface area (Å²) in [6, 6.07) is 18.8. The molecule has 3 N–H and O–H groups in total. The molecule has 1 fully saturated rings. The Morgan fingerprint density at radius 3 is 2.56 bits per heavy atom. The van der Waals surface area contributed by atoms with Crippen LogP contribution in [-0.4, -0.2) is 72.1 Å². The summed E-state index contributed by atoms with van der Waals surface area (Å²) in [6.07, 6.45) is 5.67. The van der Waals surface area contributed by atoms with Crippen LogP contribution in [0, 0.1) is 5.82 Å². The van der Waals surface area contributed by atoms with Crippen molar-refractivity contribution < 1.29 is 28.6 Å². The highest BCUT2D eigenvalue weighted by Crippen LogP contribution is 2.41. The molecular weight excluding hydrogens is 744 g/mol. The van der Waals surface area contributed by atoms with Crippen LogP contribution < -0.4 is 20.1 Å². The normalized spacial score (nSPS) is 14.4. The molecule has 0 aliphatic carbocycles. The van der Waals surface area contributed by atoms with Crippen LogP contribution in [0.1, 0.15) is 55.2 Å². The predicted molar refractivity (Wildman–Crippen MR) is 215 cm³/mol. The number of hydrogen-bond acceptors (Lipinski definition) is 7. The molecule has 290 valence electrons. The van der Waals surface area contributed by atoms with Crippen molar-refractivity contribution >= 4 is 46.0 Å². The van der Waals surface area contributed by atoms with Crippen molar-refractivity contribution in [2.24, 2.45) is 0 Å². The quantitative estimate of drug-likeness (QED) is 0.0806. The zero-order chi connectivity index (χ0) is 39.1. The third-order valence-corrected chi connectivity index (χ3v) is 10.8. The highest BCUT2D eigenvalue weighted by molar-refractivity contribution is 6.36. The molecular formula is C42H46Cl2FN5O5. The maximum atomic E-state index is 15.7. The molecule has 4 aromatic carbocycles. The Hall–Kier alpha value is -4.68. The van der Waals surface area contributed by atoms with Crippen molar-refractivity contribution in [1.29, 1.82) is 0 Å². The molecule has 0 radical (unpaired) electrons. The Kier molecular flexibility index (Phi) is 13.3. The van der Waals surface area contributed by atoms with Gasteiger partial charge in [-0.25, -0.2) is 4.39 Å². The number of unbranched alkanes of at least 4 members (excludes halogenated alkanes) is 1. The number of nitrogens with one attached hydrogen (secondary N) is 2. The van der Waals surface area contributed by atoms with Gasteiger partial charge in [0.1, 0.15) is 17.3 Å². The first kappa shape index (κ1) is 40.0. The summed E-state index contributed by atoms with van der Waals surface area (Å²) in [7, 11) is 5.14. The third kappa shape index (κ3) is 9.59. The number of hydrogen-bond donors (Lipinski definition) is 3. The molecule has 13 heteroatoms. The molecule has 1 aromatic heterocycles. The number of rotatable bonds is 17. The van der Waals surface area contributed by atoms with E-state index in [1.54, 1.807) is 13.2 Å². The van der Waals surface area contributed by atoms with Gasteiger partial charge in [0, 0.05) is 71.2 Å². The fourth-order valence-electron chi connectivity index (χ4n) is 7.21. The van der Waals surface area contributed by atoms with Gasteiger partial charge in [-0.15, -0.1) is 0 Å². The van der Waals surface area contributed by atoms with E-state index in [2.05, 4.69) is 15.5 Å². The molecule has 6 rings (SSSR count). The Morgan fingerprint density at radius 1 is 1.04 bits per heavy atom. The molecule has 0 bridgehead atoms. The zero-order valence-corrected chi connectivity index (χ0v) is 32.8. The lowest BCUT2D eigenvalue weighted by molar-refractivity contribution is -0.137. The lowest BCUT2D eigenvalue weighted by Crippen LogP contribution is -2.44. The largest absolute Gasteiger partial charge is 0.496 e. The van der Waals surface area contributed by atoms with Crippen LogP contribution >= 0.6 is 23.2 Å². The second-order valence-electron chi connectivity index (χ2n) is 14.0. The first-order valence-corrected chi connectivity index (χ1v) is 19.2. The molecule has 1 saturated heterocycles. The van der Waals surface area contributed by atoms with Crippen molar-refractivity contribution in [3.05, 3.63) is 99.4 Å². The number of methoxy groups -OCH3 is 2. The van der Waals surface area contributed by atoms with Crippen LogP contribution in [0.25, 0.3) is 33.2 Å². The smallest absolute Gasteiger partial charge is 0.303 e. The van der Waals surface area contributed by atoms with Crippen molar-refractivity contribution in [1.82, 2.24) is 25.3 Å². The van der Waals surface area contributed by atoms with Crippen molar-refractivity contribution in [3.63, 3.8) is 0 Å². The minimum atomic E-state index is -0.781. The lowest BCUT2D eigenvalue weighted by atomic mass is 9.96. The van der Waals surface area contributed by atoms with Gasteiger partial charge in [-0.1, -0.05) is 53.5 Å². The Balaban J connectivity index is 1.21. The molecule has 0 spiro atoms. The molecule has 5 aromatic rings. The number of carboxylic acid groups (broad SMARTS) is 1. The number of nitrogens with zero attached hydrogens (tertiary/aromatic N) is 3. The van der Waals surface area contributed by atoms with Gasteiger partial charge in [0.2, 0.25) is 5.91 Å². The average molecular weight is 791 g/mol. The van der Waals surface area contributed by atoms with E-state index in [4.69, 9.17) is 42.9 Å². The number of ether oxygens (including phenoxy) is 2. The van der Waals surface area contributed by atoms with Crippen LogP contribution in [0.4, 0.5) is 4.39 Å². The van der Waals surface area contributed by atoms with E-state index in [1.165, 1.54) is 13.2 Å². The molecule has 2 heterocycles. The maximum Gasteiger partial charge on any atom is 0.303 e. The minimum absolute atomic E-state index is 0.0223. The van der Waals surface area contributed by atoms with Gasteiger partial charge in [0.05, 0.1) is 37.5 Å². The number of carbonyl (C=O) groups is 2.